The maximum atomic E-state index is 3.94. The Morgan fingerprint density at radius 3 is 1.77 bits per heavy atom. The first-order valence-electron chi connectivity index (χ1n) is 5.52. The van der Waals surface area contributed by atoms with Crippen molar-refractivity contribution in [1.82, 2.24) is 9.80 Å². The first kappa shape index (κ1) is 12.9. The standard InChI is InChI=1S/C11H25N2/c1-5-9-13(8-4)11-10-12(6-2)7-3/h4-11H2,1-3H3. The van der Waals surface area contributed by atoms with Gasteiger partial charge in [0.25, 0.3) is 0 Å². The van der Waals surface area contributed by atoms with Gasteiger partial charge in [0.15, 0.2) is 0 Å². The molecule has 0 aromatic rings. The molecule has 0 heterocycles. The molecule has 79 valence electrons. The molecule has 0 saturated carbocycles. The van der Waals surface area contributed by atoms with Gasteiger partial charge < -0.3 is 9.80 Å². The molecule has 0 aromatic carbocycles. The number of nitrogens with zero attached hydrogens (tertiary/aromatic N) is 2. The molecule has 0 aliphatic carbocycles. The van der Waals surface area contributed by atoms with Crippen LogP contribution >= 0.6 is 0 Å². The third-order valence-corrected chi connectivity index (χ3v) is 2.48. The summed E-state index contributed by atoms with van der Waals surface area (Å²) in [6.45, 7) is 17.4. The lowest BCUT2D eigenvalue weighted by atomic mass is 10.3. The van der Waals surface area contributed by atoms with E-state index in [1.54, 1.807) is 0 Å². The summed E-state index contributed by atoms with van der Waals surface area (Å²) in [6, 6.07) is 0. The van der Waals surface area contributed by atoms with E-state index in [1.807, 2.05) is 0 Å². The minimum atomic E-state index is 0.940. The van der Waals surface area contributed by atoms with Crippen molar-refractivity contribution in [3.63, 3.8) is 0 Å². The van der Waals surface area contributed by atoms with E-state index < -0.39 is 0 Å². The van der Waals surface area contributed by atoms with Crippen LogP contribution in [0.3, 0.4) is 0 Å². The zero-order valence-electron chi connectivity index (χ0n) is 9.55. The van der Waals surface area contributed by atoms with Crippen LogP contribution in [-0.4, -0.2) is 49.1 Å². The van der Waals surface area contributed by atoms with E-state index >= 15 is 0 Å². The quantitative estimate of drug-likeness (QED) is 0.569. The molecule has 0 spiro atoms. The molecule has 0 aliphatic heterocycles. The van der Waals surface area contributed by atoms with Crippen molar-refractivity contribution in [2.24, 2.45) is 0 Å². The van der Waals surface area contributed by atoms with Crippen LogP contribution in [0.1, 0.15) is 27.2 Å². The summed E-state index contributed by atoms with van der Waals surface area (Å²) in [6.07, 6.45) is 1.23. The third kappa shape index (κ3) is 6.05. The number of hydrogen-bond donors (Lipinski definition) is 0. The number of likely N-dealkylation sites (N-methyl/N-ethyl adjacent to an activating group) is 1. The maximum Gasteiger partial charge on any atom is 0.0109 e. The SMILES string of the molecule is [CH2]CN(CCC)CCN(CC)CC. The highest BCUT2D eigenvalue weighted by Gasteiger charge is 2.03. The Hall–Kier alpha value is -0.0800. The molecule has 1 radical (unpaired) electrons. The average Bonchev–Trinajstić information content (AvgIpc) is 2.17. The number of hydrogen-bond acceptors (Lipinski definition) is 2. The van der Waals surface area contributed by atoms with Crippen LogP contribution in [0.25, 0.3) is 0 Å². The molecular formula is C11H25N2. The highest BCUT2D eigenvalue weighted by Crippen LogP contribution is 1.93. The van der Waals surface area contributed by atoms with Crippen LogP contribution in [0.4, 0.5) is 0 Å². The Bertz CT molecular complexity index is 100. The van der Waals surface area contributed by atoms with Crippen LogP contribution in [0.5, 0.6) is 0 Å². The molecule has 0 fully saturated rings. The molecule has 0 rings (SSSR count). The first-order valence-corrected chi connectivity index (χ1v) is 5.52. The fourth-order valence-electron chi connectivity index (χ4n) is 1.47. The first-order chi connectivity index (χ1) is 6.28. The molecule has 2 heteroatoms. The molecule has 0 saturated heterocycles. The molecule has 13 heavy (non-hydrogen) atoms. The summed E-state index contributed by atoms with van der Waals surface area (Å²) in [4.78, 5) is 4.87. The van der Waals surface area contributed by atoms with Crippen molar-refractivity contribution in [3.8, 4) is 0 Å². The van der Waals surface area contributed by atoms with Crippen LogP contribution in [0.2, 0.25) is 0 Å². The molecule has 0 atom stereocenters. The largest absolute Gasteiger partial charge is 0.303 e. The monoisotopic (exact) mass is 185 g/mol. The van der Waals surface area contributed by atoms with Gasteiger partial charge in [-0.3, -0.25) is 0 Å². The van der Waals surface area contributed by atoms with Gasteiger partial charge >= 0.3 is 0 Å². The Morgan fingerprint density at radius 2 is 1.38 bits per heavy atom. The predicted octanol–water partition coefficient (Wildman–Crippen LogP) is 1.87. The van der Waals surface area contributed by atoms with Crippen LogP contribution in [0.15, 0.2) is 0 Å². The zero-order valence-corrected chi connectivity index (χ0v) is 9.55. The van der Waals surface area contributed by atoms with Crippen molar-refractivity contribution >= 4 is 0 Å². The highest BCUT2D eigenvalue weighted by molar-refractivity contribution is 4.61. The van der Waals surface area contributed by atoms with Gasteiger partial charge in [0.05, 0.1) is 0 Å². The van der Waals surface area contributed by atoms with Crippen molar-refractivity contribution in [1.29, 1.82) is 0 Å². The minimum absolute atomic E-state index is 0.940. The van der Waals surface area contributed by atoms with Crippen LogP contribution < -0.4 is 0 Å². The summed E-state index contributed by atoms with van der Waals surface area (Å²) in [5, 5.41) is 0. The van der Waals surface area contributed by atoms with Crippen molar-refractivity contribution in [2.75, 3.05) is 39.3 Å². The van der Waals surface area contributed by atoms with Gasteiger partial charge in [-0.15, -0.1) is 0 Å². The third-order valence-electron chi connectivity index (χ3n) is 2.48. The smallest absolute Gasteiger partial charge is 0.0109 e. The Kier molecular flexibility index (Phi) is 8.46. The summed E-state index contributed by atoms with van der Waals surface area (Å²) in [5.74, 6) is 0. The highest BCUT2D eigenvalue weighted by atomic mass is 15.2. The second kappa shape index (κ2) is 8.52. The lowest BCUT2D eigenvalue weighted by Gasteiger charge is -2.24. The van der Waals surface area contributed by atoms with Gasteiger partial charge in [0, 0.05) is 13.1 Å². The predicted molar refractivity (Wildman–Crippen MR) is 59.9 cm³/mol. The van der Waals surface area contributed by atoms with Crippen LogP contribution in [0, 0.1) is 6.92 Å². The van der Waals surface area contributed by atoms with Gasteiger partial charge in [-0.1, -0.05) is 20.8 Å². The molecule has 2 nitrogen and oxygen atoms in total. The summed E-state index contributed by atoms with van der Waals surface area (Å²) >= 11 is 0. The fourth-order valence-corrected chi connectivity index (χ4v) is 1.47. The zero-order chi connectivity index (χ0) is 10.1. The normalized spacial score (nSPS) is 11.5. The Morgan fingerprint density at radius 1 is 0.846 bits per heavy atom. The molecule has 0 amide bonds. The van der Waals surface area contributed by atoms with Crippen molar-refractivity contribution in [2.45, 2.75) is 27.2 Å². The van der Waals surface area contributed by atoms with E-state index in [9.17, 15) is 0 Å². The van der Waals surface area contributed by atoms with E-state index in [4.69, 9.17) is 0 Å². The van der Waals surface area contributed by atoms with E-state index in [0.717, 1.165) is 19.6 Å². The second-order valence-corrected chi connectivity index (χ2v) is 3.37. The average molecular weight is 185 g/mol. The lowest BCUT2D eigenvalue weighted by Crippen LogP contribution is -2.35. The van der Waals surface area contributed by atoms with E-state index in [2.05, 4.69) is 37.5 Å². The van der Waals surface area contributed by atoms with Crippen molar-refractivity contribution < 1.29 is 0 Å². The van der Waals surface area contributed by atoms with Gasteiger partial charge in [0.2, 0.25) is 0 Å². The Labute approximate surface area is 83.9 Å². The Balaban J connectivity index is 3.56. The molecule has 0 unspecified atom stereocenters. The maximum absolute atomic E-state index is 3.94. The van der Waals surface area contributed by atoms with Gasteiger partial charge in [-0.25, -0.2) is 0 Å². The van der Waals surface area contributed by atoms with Gasteiger partial charge in [-0.2, -0.15) is 0 Å². The number of rotatable bonds is 8. The van der Waals surface area contributed by atoms with E-state index in [-0.39, 0.29) is 0 Å². The molecular weight excluding hydrogens is 160 g/mol. The van der Waals surface area contributed by atoms with Gasteiger partial charge in [-0.05, 0) is 39.5 Å². The summed E-state index contributed by atoms with van der Waals surface area (Å²) < 4.78 is 0. The van der Waals surface area contributed by atoms with E-state index in [1.165, 1.54) is 26.1 Å². The van der Waals surface area contributed by atoms with Crippen molar-refractivity contribution in [3.05, 3.63) is 6.92 Å². The van der Waals surface area contributed by atoms with E-state index in [0.29, 0.717) is 0 Å². The topological polar surface area (TPSA) is 6.48 Å². The second-order valence-electron chi connectivity index (χ2n) is 3.37. The minimum Gasteiger partial charge on any atom is -0.303 e. The van der Waals surface area contributed by atoms with Gasteiger partial charge in [0.1, 0.15) is 0 Å². The lowest BCUT2D eigenvalue weighted by molar-refractivity contribution is 0.227. The molecule has 0 aromatic heterocycles. The summed E-state index contributed by atoms with van der Waals surface area (Å²) in [5.41, 5.74) is 0. The summed E-state index contributed by atoms with van der Waals surface area (Å²) in [7, 11) is 0. The molecule has 0 N–H and O–H groups in total. The fraction of sp³-hybridized carbons (Fsp3) is 0.909. The molecule has 0 bridgehead atoms. The molecule has 0 aliphatic rings. The van der Waals surface area contributed by atoms with Crippen LogP contribution in [-0.2, 0) is 0 Å².